The lowest BCUT2D eigenvalue weighted by molar-refractivity contribution is -0.138. The number of methoxy groups -OCH3 is 5. The predicted molar refractivity (Wildman–Crippen MR) is 106 cm³/mol. The van der Waals surface area contributed by atoms with Gasteiger partial charge in [0.2, 0.25) is 0 Å². The van der Waals surface area contributed by atoms with Crippen LogP contribution >= 0.6 is 0 Å². The maximum Gasteiger partial charge on any atom is 0.326 e. The summed E-state index contributed by atoms with van der Waals surface area (Å²) in [4.78, 5) is 11.9. The first kappa shape index (κ1) is 22.2. The molecule has 29 heavy (non-hydrogen) atoms. The number of esters is 1. The molecule has 0 amide bonds. The van der Waals surface area contributed by atoms with Gasteiger partial charge < -0.3 is 23.7 Å². The molecule has 0 bridgehead atoms. The van der Waals surface area contributed by atoms with Crippen LogP contribution in [0.4, 0.5) is 5.69 Å². The zero-order valence-corrected chi connectivity index (χ0v) is 17.6. The molecule has 0 radical (unpaired) electrons. The lowest BCUT2D eigenvalue weighted by Gasteiger charge is -2.24. The number of hydrogen-bond acceptors (Lipinski definition) is 8. The number of ether oxygens (including phenoxy) is 5. The van der Waals surface area contributed by atoms with Crippen LogP contribution in [-0.4, -0.2) is 56.5 Å². The van der Waals surface area contributed by atoms with Gasteiger partial charge in [-0.05, 0) is 24.3 Å². The number of benzene rings is 2. The smallest absolute Gasteiger partial charge is 0.326 e. The van der Waals surface area contributed by atoms with Gasteiger partial charge >= 0.3 is 5.97 Å². The van der Waals surface area contributed by atoms with Gasteiger partial charge in [0.25, 0.3) is 10.0 Å². The second kappa shape index (κ2) is 9.37. The van der Waals surface area contributed by atoms with Crippen LogP contribution in [0, 0.1) is 0 Å². The van der Waals surface area contributed by atoms with Crippen molar-refractivity contribution in [2.75, 3.05) is 46.4 Å². The third kappa shape index (κ3) is 4.65. The minimum Gasteiger partial charge on any atom is -0.493 e. The molecular formula is C19H23NO8S. The van der Waals surface area contributed by atoms with Gasteiger partial charge in [0.05, 0.1) is 46.1 Å². The fourth-order valence-corrected chi connectivity index (χ4v) is 4.00. The van der Waals surface area contributed by atoms with Crippen LogP contribution in [0.1, 0.15) is 0 Å². The van der Waals surface area contributed by atoms with Gasteiger partial charge in [0, 0.05) is 12.1 Å². The fraction of sp³-hybridized carbons (Fsp3) is 0.316. The van der Waals surface area contributed by atoms with E-state index in [1.807, 2.05) is 0 Å². The highest BCUT2D eigenvalue weighted by Crippen LogP contribution is 2.35. The molecule has 2 rings (SSSR count). The molecule has 158 valence electrons. The Balaban J connectivity index is 2.61. The molecule has 0 aliphatic rings. The molecule has 10 heteroatoms. The van der Waals surface area contributed by atoms with Crippen LogP contribution < -0.4 is 23.3 Å². The average Bonchev–Trinajstić information content (AvgIpc) is 2.75. The number of rotatable bonds is 9. The minimum atomic E-state index is -4.16. The van der Waals surface area contributed by atoms with E-state index in [-0.39, 0.29) is 16.3 Å². The van der Waals surface area contributed by atoms with E-state index in [4.69, 9.17) is 18.9 Å². The second-order valence-corrected chi connectivity index (χ2v) is 7.51. The SMILES string of the molecule is COC(=O)CN(c1ccc(OC)c(OC)c1)S(=O)(=O)c1ccc(OC)c(OC)c1. The van der Waals surface area contributed by atoms with E-state index in [0.717, 1.165) is 4.31 Å². The molecule has 0 N–H and O–H groups in total. The van der Waals surface area contributed by atoms with Crippen molar-refractivity contribution in [3.8, 4) is 23.0 Å². The lowest BCUT2D eigenvalue weighted by Crippen LogP contribution is -2.36. The fourth-order valence-electron chi connectivity index (χ4n) is 2.58. The van der Waals surface area contributed by atoms with Gasteiger partial charge in [-0.25, -0.2) is 8.42 Å². The van der Waals surface area contributed by atoms with Crippen molar-refractivity contribution in [2.45, 2.75) is 4.90 Å². The summed E-state index contributed by atoms with van der Waals surface area (Å²) in [5.41, 5.74) is 0.197. The Morgan fingerprint density at radius 2 is 1.31 bits per heavy atom. The molecule has 2 aromatic carbocycles. The Bertz CT molecular complexity index is 974. The highest BCUT2D eigenvalue weighted by Gasteiger charge is 2.29. The topological polar surface area (TPSA) is 101 Å². The first-order valence-corrected chi connectivity index (χ1v) is 9.80. The van der Waals surface area contributed by atoms with E-state index in [2.05, 4.69) is 4.74 Å². The molecule has 0 aliphatic heterocycles. The normalized spacial score (nSPS) is 10.8. The maximum atomic E-state index is 13.4. The van der Waals surface area contributed by atoms with Crippen LogP contribution in [-0.2, 0) is 19.6 Å². The summed E-state index contributed by atoms with van der Waals surface area (Å²) in [6.07, 6.45) is 0. The first-order chi connectivity index (χ1) is 13.8. The summed E-state index contributed by atoms with van der Waals surface area (Å²) < 4.78 is 53.1. The predicted octanol–water partition coefficient (Wildman–Crippen LogP) is 2.09. The van der Waals surface area contributed by atoms with Crippen LogP contribution in [0.25, 0.3) is 0 Å². The van der Waals surface area contributed by atoms with Crippen molar-refractivity contribution in [3.05, 3.63) is 36.4 Å². The molecule has 0 saturated carbocycles. The molecule has 2 aromatic rings. The molecule has 0 unspecified atom stereocenters. The second-order valence-electron chi connectivity index (χ2n) is 5.64. The molecule has 0 saturated heterocycles. The number of sulfonamides is 1. The minimum absolute atomic E-state index is 0.0890. The van der Waals surface area contributed by atoms with Gasteiger partial charge in [-0.2, -0.15) is 0 Å². The van der Waals surface area contributed by atoms with E-state index in [0.29, 0.717) is 17.2 Å². The van der Waals surface area contributed by atoms with Crippen molar-refractivity contribution >= 4 is 21.7 Å². The quantitative estimate of drug-likeness (QED) is 0.563. The zero-order valence-electron chi connectivity index (χ0n) is 16.8. The van der Waals surface area contributed by atoms with Gasteiger partial charge in [0.15, 0.2) is 23.0 Å². The number of carbonyl (C=O) groups excluding carboxylic acids is 1. The van der Waals surface area contributed by atoms with Crippen molar-refractivity contribution in [1.82, 2.24) is 0 Å². The molecule has 0 spiro atoms. The molecule has 9 nitrogen and oxygen atoms in total. The van der Waals surface area contributed by atoms with Gasteiger partial charge in [-0.1, -0.05) is 0 Å². The Morgan fingerprint density at radius 3 is 1.83 bits per heavy atom. The third-order valence-electron chi connectivity index (χ3n) is 4.10. The van der Waals surface area contributed by atoms with Crippen molar-refractivity contribution < 1.29 is 36.9 Å². The summed E-state index contributed by atoms with van der Waals surface area (Å²) >= 11 is 0. The standard InChI is InChI=1S/C19H23NO8S/c1-24-15-8-6-13(10-17(15)26-3)20(12-19(21)28-5)29(22,23)14-7-9-16(25-2)18(11-14)27-4/h6-11H,12H2,1-5H3. The van der Waals surface area contributed by atoms with E-state index in [9.17, 15) is 13.2 Å². The molecule has 0 heterocycles. The molecular weight excluding hydrogens is 402 g/mol. The summed E-state index contributed by atoms with van der Waals surface area (Å²) in [6, 6.07) is 8.66. The van der Waals surface area contributed by atoms with Crippen molar-refractivity contribution in [3.63, 3.8) is 0 Å². The summed E-state index contributed by atoms with van der Waals surface area (Å²) in [6.45, 7) is -0.539. The summed E-state index contributed by atoms with van der Waals surface area (Å²) in [5.74, 6) is 0.597. The first-order valence-electron chi connectivity index (χ1n) is 8.36. The van der Waals surface area contributed by atoms with E-state index in [1.54, 1.807) is 6.07 Å². The largest absolute Gasteiger partial charge is 0.493 e. The third-order valence-corrected chi connectivity index (χ3v) is 5.87. The van der Waals surface area contributed by atoms with Crippen molar-refractivity contribution in [2.24, 2.45) is 0 Å². The highest BCUT2D eigenvalue weighted by atomic mass is 32.2. The molecule has 0 aromatic heterocycles. The van der Waals surface area contributed by atoms with Crippen LogP contribution in [0.5, 0.6) is 23.0 Å². The number of nitrogens with zero attached hydrogens (tertiary/aromatic N) is 1. The molecule has 0 aliphatic carbocycles. The van der Waals surface area contributed by atoms with Crippen molar-refractivity contribution in [1.29, 1.82) is 0 Å². The number of hydrogen-bond donors (Lipinski definition) is 0. The number of carbonyl (C=O) groups is 1. The Kier molecular flexibility index (Phi) is 7.16. The Morgan fingerprint density at radius 1 is 0.793 bits per heavy atom. The average molecular weight is 425 g/mol. The monoisotopic (exact) mass is 425 g/mol. The Labute approximate surface area is 169 Å². The van der Waals surface area contributed by atoms with Gasteiger partial charge in [-0.3, -0.25) is 9.10 Å². The van der Waals surface area contributed by atoms with E-state index < -0.39 is 22.5 Å². The van der Waals surface area contributed by atoms with Gasteiger partial charge in [-0.15, -0.1) is 0 Å². The van der Waals surface area contributed by atoms with Gasteiger partial charge in [0.1, 0.15) is 6.54 Å². The molecule has 0 atom stereocenters. The van der Waals surface area contributed by atoms with Crippen LogP contribution in [0.3, 0.4) is 0 Å². The Hall–Kier alpha value is -3.14. The maximum absolute atomic E-state index is 13.4. The van der Waals surface area contributed by atoms with E-state index >= 15 is 0 Å². The zero-order chi connectivity index (χ0) is 21.6. The van der Waals surface area contributed by atoms with Crippen LogP contribution in [0.15, 0.2) is 41.3 Å². The number of anilines is 1. The summed E-state index contributed by atoms with van der Waals surface area (Å²) in [5, 5.41) is 0. The molecule has 0 fully saturated rings. The highest BCUT2D eigenvalue weighted by molar-refractivity contribution is 7.92. The van der Waals surface area contributed by atoms with E-state index in [1.165, 1.54) is 65.9 Å². The summed E-state index contributed by atoms with van der Waals surface area (Å²) in [7, 11) is 2.75. The van der Waals surface area contributed by atoms with Crippen LogP contribution in [0.2, 0.25) is 0 Å². The lowest BCUT2D eigenvalue weighted by atomic mass is 10.2.